The molecule has 2 bridgehead atoms. The summed E-state index contributed by atoms with van der Waals surface area (Å²) in [6.07, 6.45) is 3.30. The van der Waals surface area contributed by atoms with E-state index in [1.807, 2.05) is 6.07 Å². The number of likely N-dealkylation sites (N-methyl/N-ethyl adjacent to an activating group) is 1. The smallest absolute Gasteiger partial charge is 0.124 e. The Morgan fingerprint density at radius 1 is 1.15 bits per heavy atom. The molecule has 20 heavy (non-hydrogen) atoms. The van der Waals surface area contributed by atoms with Crippen LogP contribution in [0.15, 0.2) is 24.3 Å². The fourth-order valence-corrected chi connectivity index (χ4v) is 3.93. The van der Waals surface area contributed by atoms with E-state index in [4.69, 9.17) is 9.47 Å². The molecule has 1 aromatic rings. The predicted molar refractivity (Wildman–Crippen MR) is 77.0 cm³/mol. The number of rotatable bonds is 2. The Balaban J connectivity index is 1.59. The molecule has 4 heteroatoms. The van der Waals surface area contributed by atoms with Crippen LogP contribution in [-0.2, 0) is 4.74 Å². The summed E-state index contributed by atoms with van der Waals surface area (Å²) in [6, 6.07) is 9.13. The van der Waals surface area contributed by atoms with E-state index in [0.717, 1.165) is 25.4 Å². The number of hydrogen-bond donors (Lipinski definition) is 1. The topological polar surface area (TPSA) is 33.7 Å². The average molecular weight is 274 g/mol. The first-order valence-electron chi connectivity index (χ1n) is 7.63. The lowest BCUT2D eigenvalue weighted by Crippen LogP contribution is -2.55. The van der Waals surface area contributed by atoms with Gasteiger partial charge >= 0.3 is 0 Å². The number of nitrogens with zero attached hydrogens (tertiary/aromatic N) is 1. The molecule has 3 heterocycles. The summed E-state index contributed by atoms with van der Waals surface area (Å²) in [7, 11) is 2.05. The van der Waals surface area contributed by atoms with Crippen molar-refractivity contribution in [1.82, 2.24) is 10.2 Å². The molecule has 0 aromatic heterocycles. The van der Waals surface area contributed by atoms with Gasteiger partial charge in [0.25, 0.3) is 0 Å². The van der Waals surface area contributed by atoms with Gasteiger partial charge in [0.1, 0.15) is 12.4 Å². The number of nitrogens with one attached hydrogen (secondary N) is 1. The van der Waals surface area contributed by atoms with Gasteiger partial charge in [0.2, 0.25) is 0 Å². The molecule has 1 N–H and O–H groups in total. The molecule has 4 nitrogen and oxygen atoms in total. The summed E-state index contributed by atoms with van der Waals surface area (Å²) in [6.45, 7) is 2.86. The minimum atomic E-state index is 0.345. The van der Waals surface area contributed by atoms with Gasteiger partial charge < -0.3 is 14.8 Å². The fraction of sp³-hybridized carbons (Fsp3) is 0.625. The van der Waals surface area contributed by atoms with Crippen LogP contribution in [0.2, 0.25) is 0 Å². The monoisotopic (exact) mass is 274 g/mol. The van der Waals surface area contributed by atoms with Crippen LogP contribution < -0.4 is 10.1 Å². The van der Waals surface area contributed by atoms with Gasteiger partial charge in [0.15, 0.2) is 0 Å². The molecule has 2 fully saturated rings. The van der Waals surface area contributed by atoms with Crippen molar-refractivity contribution >= 4 is 0 Å². The summed E-state index contributed by atoms with van der Waals surface area (Å²) in [4.78, 5) is 2.57. The molecule has 0 amide bonds. The first-order chi connectivity index (χ1) is 9.85. The van der Waals surface area contributed by atoms with Gasteiger partial charge in [-0.25, -0.2) is 0 Å². The molecular formula is C16H22N2O2. The first-order valence-corrected chi connectivity index (χ1v) is 7.63. The molecule has 0 spiro atoms. The second-order valence-electron chi connectivity index (χ2n) is 6.09. The van der Waals surface area contributed by atoms with Gasteiger partial charge in [-0.3, -0.25) is 4.90 Å². The van der Waals surface area contributed by atoms with Gasteiger partial charge in [0, 0.05) is 18.7 Å². The molecule has 108 valence electrons. The lowest BCUT2D eigenvalue weighted by molar-refractivity contribution is -0.0664. The molecule has 4 atom stereocenters. The zero-order valence-corrected chi connectivity index (χ0v) is 11.9. The Hall–Kier alpha value is -1.10. The molecule has 2 saturated heterocycles. The van der Waals surface area contributed by atoms with Crippen molar-refractivity contribution < 1.29 is 9.47 Å². The predicted octanol–water partition coefficient (Wildman–Crippen LogP) is 1.57. The maximum Gasteiger partial charge on any atom is 0.124 e. The Morgan fingerprint density at radius 3 is 2.65 bits per heavy atom. The third-order valence-corrected chi connectivity index (χ3v) is 4.90. The van der Waals surface area contributed by atoms with Crippen molar-refractivity contribution in [2.75, 3.05) is 26.7 Å². The Labute approximate surface area is 120 Å². The molecule has 3 aliphatic rings. The van der Waals surface area contributed by atoms with E-state index in [1.165, 1.54) is 18.4 Å². The highest BCUT2D eigenvalue weighted by atomic mass is 16.5. The fourth-order valence-electron chi connectivity index (χ4n) is 3.93. The molecule has 3 aliphatic heterocycles. The summed E-state index contributed by atoms with van der Waals surface area (Å²) < 4.78 is 11.9. The largest absolute Gasteiger partial charge is 0.492 e. The molecule has 1 aromatic carbocycles. The van der Waals surface area contributed by atoms with E-state index in [0.29, 0.717) is 24.3 Å². The van der Waals surface area contributed by atoms with Crippen molar-refractivity contribution in [2.45, 2.75) is 37.1 Å². The van der Waals surface area contributed by atoms with E-state index in [-0.39, 0.29) is 0 Å². The normalized spacial score (nSPS) is 36.5. The number of hydrogen-bond acceptors (Lipinski definition) is 4. The molecule has 0 saturated carbocycles. The Bertz CT molecular complexity index is 481. The van der Waals surface area contributed by atoms with Crippen LogP contribution in [-0.4, -0.2) is 49.9 Å². The van der Waals surface area contributed by atoms with E-state index < -0.39 is 0 Å². The highest BCUT2D eigenvalue weighted by Crippen LogP contribution is 2.36. The minimum Gasteiger partial charge on any atom is -0.492 e. The van der Waals surface area contributed by atoms with Crippen molar-refractivity contribution in [2.24, 2.45) is 0 Å². The summed E-state index contributed by atoms with van der Waals surface area (Å²) in [5, 5.41) is 3.50. The minimum absolute atomic E-state index is 0.345. The van der Waals surface area contributed by atoms with Gasteiger partial charge in [0.05, 0.1) is 24.3 Å². The zero-order valence-electron chi connectivity index (χ0n) is 11.9. The zero-order chi connectivity index (χ0) is 13.5. The summed E-state index contributed by atoms with van der Waals surface area (Å²) in [5.74, 6) is 1.03. The lowest BCUT2D eigenvalue weighted by atomic mass is 9.94. The van der Waals surface area contributed by atoms with Crippen LogP contribution in [0.4, 0.5) is 0 Å². The van der Waals surface area contributed by atoms with Crippen LogP contribution in [0.25, 0.3) is 0 Å². The first kappa shape index (κ1) is 12.6. The molecular weight excluding hydrogens is 252 g/mol. The van der Waals surface area contributed by atoms with Crippen molar-refractivity contribution in [3.05, 3.63) is 29.8 Å². The molecule has 0 aliphatic carbocycles. The van der Waals surface area contributed by atoms with Gasteiger partial charge in [-0.2, -0.15) is 0 Å². The van der Waals surface area contributed by atoms with Gasteiger partial charge in [-0.1, -0.05) is 18.2 Å². The number of morpholine rings is 1. The number of likely N-dealkylation sites (tertiary alicyclic amines) is 1. The van der Waals surface area contributed by atoms with Crippen molar-refractivity contribution in [3.8, 4) is 5.75 Å². The van der Waals surface area contributed by atoms with Crippen molar-refractivity contribution in [3.63, 3.8) is 0 Å². The van der Waals surface area contributed by atoms with Crippen LogP contribution in [0, 0.1) is 0 Å². The highest BCUT2D eigenvalue weighted by molar-refractivity contribution is 5.38. The Morgan fingerprint density at radius 2 is 1.90 bits per heavy atom. The third kappa shape index (κ3) is 2.03. The third-order valence-electron chi connectivity index (χ3n) is 4.90. The van der Waals surface area contributed by atoms with Gasteiger partial charge in [-0.15, -0.1) is 0 Å². The summed E-state index contributed by atoms with van der Waals surface area (Å²) >= 11 is 0. The molecule has 0 radical (unpaired) electrons. The van der Waals surface area contributed by atoms with Crippen molar-refractivity contribution in [1.29, 1.82) is 0 Å². The number of fused-ring (bicyclic) bond motifs is 3. The molecule has 4 rings (SSSR count). The SMILES string of the molecule is CNC1c2ccccc2OCC1N1CC2CCC(C1)O2. The second-order valence-corrected chi connectivity index (χ2v) is 6.09. The van der Waals surface area contributed by atoms with Crippen LogP contribution >= 0.6 is 0 Å². The quantitative estimate of drug-likeness (QED) is 0.887. The van der Waals surface area contributed by atoms with Crippen LogP contribution in [0.5, 0.6) is 5.75 Å². The van der Waals surface area contributed by atoms with E-state index in [9.17, 15) is 0 Å². The van der Waals surface area contributed by atoms with Crippen LogP contribution in [0.3, 0.4) is 0 Å². The maximum absolute atomic E-state index is 5.99. The number of para-hydroxylation sites is 1. The molecule has 4 unspecified atom stereocenters. The van der Waals surface area contributed by atoms with Crippen LogP contribution in [0.1, 0.15) is 24.4 Å². The van der Waals surface area contributed by atoms with E-state index in [2.05, 4.69) is 35.5 Å². The van der Waals surface area contributed by atoms with E-state index in [1.54, 1.807) is 0 Å². The Kier molecular flexibility index (Phi) is 3.17. The number of ether oxygens (including phenoxy) is 2. The standard InChI is InChI=1S/C16H22N2O2/c1-17-16-13-4-2-3-5-15(13)19-10-14(16)18-8-11-6-7-12(9-18)20-11/h2-5,11-12,14,16-17H,6-10H2,1H3. The second kappa shape index (κ2) is 5.02. The average Bonchev–Trinajstić information content (AvgIpc) is 2.84. The van der Waals surface area contributed by atoms with E-state index >= 15 is 0 Å². The lowest BCUT2D eigenvalue weighted by Gasteiger charge is -2.43. The number of benzene rings is 1. The highest BCUT2D eigenvalue weighted by Gasteiger charge is 2.41. The summed E-state index contributed by atoms with van der Waals surface area (Å²) in [5.41, 5.74) is 1.28. The van der Waals surface area contributed by atoms with Gasteiger partial charge in [-0.05, 0) is 26.0 Å². The maximum atomic E-state index is 5.99.